The molecule has 0 unspecified atom stereocenters. The highest BCUT2D eigenvalue weighted by Crippen LogP contribution is 2.24. The van der Waals surface area contributed by atoms with Gasteiger partial charge >= 0.3 is 5.97 Å². The largest absolute Gasteiger partial charge is 0.460 e. The van der Waals surface area contributed by atoms with E-state index in [2.05, 4.69) is 0 Å². The summed E-state index contributed by atoms with van der Waals surface area (Å²) in [6, 6.07) is 2.03. The van der Waals surface area contributed by atoms with Gasteiger partial charge < -0.3 is 14.2 Å². The summed E-state index contributed by atoms with van der Waals surface area (Å²) in [4.78, 5) is 10.9. The molecule has 5 heteroatoms. The summed E-state index contributed by atoms with van der Waals surface area (Å²) in [6.45, 7) is 3.82. The van der Waals surface area contributed by atoms with Crippen LogP contribution in [0.5, 0.6) is 0 Å². The van der Waals surface area contributed by atoms with Gasteiger partial charge in [0.25, 0.3) is 0 Å². The number of hydrogen-bond donors (Lipinski definition) is 0. The van der Waals surface area contributed by atoms with E-state index in [0.717, 1.165) is 0 Å². The van der Waals surface area contributed by atoms with Crippen molar-refractivity contribution < 1.29 is 19.0 Å². The zero-order valence-corrected chi connectivity index (χ0v) is 9.64. The van der Waals surface area contributed by atoms with Gasteiger partial charge in [0.1, 0.15) is 12.2 Å². The van der Waals surface area contributed by atoms with Crippen molar-refractivity contribution in [3.63, 3.8) is 0 Å². The van der Waals surface area contributed by atoms with E-state index >= 15 is 0 Å². The minimum Gasteiger partial charge on any atom is -0.460 e. The second-order valence-electron chi connectivity index (χ2n) is 3.65. The number of carbonyl (C=O) groups excluding carboxylic acids is 1. The van der Waals surface area contributed by atoms with Gasteiger partial charge in [-0.1, -0.05) is 0 Å². The monoisotopic (exact) mass is 227 g/mol. The van der Waals surface area contributed by atoms with Gasteiger partial charge in [0.15, 0.2) is 6.29 Å². The van der Waals surface area contributed by atoms with E-state index in [9.17, 15) is 4.79 Å². The number of ether oxygens (including phenoxy) is 3. The van der Waals surface area contributed by atoms with Crippen molar-refractivity contribution in [1.29, 1.82) is 5.26 Å². The molecule has 1 heterocycles. The molecule has 16 heavy (non-hydrogen) atoms. The molecule has 1 saturated heterocycles. The molecular formula is C11H17NO4. The first-order valence-corrected chi connectivity index (χ1v) is 5.48. The van der Waals surface area contributed by atoms with Gasteiger partial charge in [0.05, 0.1) is 12.5 Å². The van der Waals surface area contributed by atoms with E-state index in [1.54, 1.807) is 0 Å². The van der Waals surface area contributed by atoms with Gasteiger partial charge in [0, 0.05) is 20.0 Å². The molecule has 0 aromatic carbocycles. The van der Waals surface area contributed by atoms with Crippen LogP contribution in [-0.4, -0.2) is 31.1 Å². The van der Waals surface area contributed by atoms with Crippen LogP contribution in [0, 0.1) is 11.3 Å². The third-order valence-electron chi connectivity index (χ3n) is 2.39. The summed E-state index contributed by atoms with van der Waals surface area (Å²) in [7, 11) is 0. The Hall–Kier alpha value is -1.12. The lowest BCUT2D eigenvalue weighted by atomic mass is 10.0. The van der Waals surface area contributed by atoms with Crippen molar-refractivity contribution in [1.82, 2.24) is 0 Å². The van der Waals surface area contributed by atoms with Crippen molar-refractivity contribution in [2.45, 2.75) is 51.6 Å². The molecule has 0 aromatic rings. The van der Waals surface area contributed by atoms with E-state index in [1.165, 1.54) is 6.92 Å². The van der Waals surface area contributed by atoms with Crippen molar-refractivity contribution in [2.75, 3.05) is 6.61 Å². The molecule has 0 radical (unpaired) electrons. The quantitative estimate of drug-likeness (QED) is 0.678. The maximum absolute atomic E-state index is 10.9. The number of esters is 1. The van der Waals surface area contributed by atoms with Gasteiger partial charge in [0.2, 0.25) is 0 Å². The fourth-order valence-corrected chi connectivity index (χ4v) is 1.76. The number of rotatable bonds is 4. The van der Waals surface area contributed by atoms with Crippen LogP contribution in [0.15, 0.2) is 0 Å². The van der Waals surface area contributed by atoms with Crippen molar-refractivity contribution in [3.8, 4) is 6.07 Å². The summed E-state index contributed by atoms with van der Waals surface area (Å²) < 4.78 is 16.0. The van der Waals surface area contributed by atoms with Gasteiger partial charge in [-0.3, -0.25) is 4.79 Å². The molecule has 5 nitrogen and oxygen atoms in total. The summed E-state index contributed by atoms with van der Waals surface area (Å²) >= 11 is 0. The summed E-state index contributed by atoms with van der Waals surface area (Å²) in [5, 5.41) is 8.68. The Morgan fingerprint density at radius 1 is 1.56 bits per heavy atom. The first-order valence-electron chi connectivity index (χ1n) is 5.48. The Morgan fingerprint density at radius 3 is 2.88 bits per heavy atom. The molecule has 1 aliphatic rings. The summed E-state index contributed by atoms with van der Waals surface area (Å²) in [5.74, 6) is -0.341. The molecule has 1 rings (SSSR count). The molecule has 0 bridgehead atoms. The topological polar surface area (TPSA) is 68.5 Å². The van der Waals surface area contributed by atoms with Gasteiger partial charge in [-0.15, -0.1) is 0 Å². The normalized spacial score (nSPS) is 29.4. The second-order valence-corrected chi connectivity index (χ2v) is 3.65. The SMILES string of the molecule is CCO[C@@H]1CC[C@H](OC(C)=O)[C@@H](CC#N)O1. The summed E-state index contributed by atoms with van der Waals surface area (Å²) in [5.41, 5.74) is 0. The highest BCUT2D eigenvalue weighted by Gasteiger charge is 2.33. The zero-order chi connectivity index (χ0) is 12.0. The predicted octanol–water partition coefficient (Wildman–Crippen LogP) is 1.37. The van der Waals surface area contributed by atoms with Crippen molar-refractivity contribution in [3.05, 3.63) is 0 Å². The molecule has 0 aromatic heterocycles. The molecule has 1 fully saturated rings. The Morgan fingerprint density at radius 2 is 2.31 bits per heavy atom. The standard InChI is InChI=1S/C11H17NO4/c1-3-14-11-5-4-9(15-8(2)13)10(16-11)6-7-12/h9-11H,3-6H2,1-2H3/t9-,10+,11-/m0/s1. The van der Waals surface area contributed by atoms with E-state index in [-0.39, 0.29) is 30.9 Å². The first kappa shape index (κ1) is 12.9. The van der Waals surface area contributed by atoms with Gasteiger partial charge in [-0.2, -0.15) is 5.26 Å². The molecule has 90 valence electrons. The number of carbonyl (C=O) groups is 1. The third-order valence-corrected chi connectivity index (χ3v) is 2.39. The molecule has 0 amide bonds. The smallest absolute Gasteiger partial charge is 0.302 e. The highest BCUT2D eigenvalue weighted by molar-refractivity contribution is 5.66. The maximum Gasteiger partial charge on any atom is 0.302 e. The van der Waals surface area contributed by atoms with Crippen LogP contribution in [0.1, 0.15) is 33.1 Å². The lowest BCUT2D eigenvalue weighted by Gasteiger charge is -2.34. The predicted molar refractivity (Wildman–Crippen MR) is 55.3 cm³/mol. The Labute approximate surface area is 95.3 Å². The Kier molecular flexibility index (Phi) is 5.23. The lowest BCUT2D eigenvalue weighted by molar-refractivity contribution is -0.226. The van der Waals surface area contributed by atoms with E-state index in [1.807, 2.05) is 13.0 Å². The fourth-order valence-electron chi connectivity index (χ4n) is 1.76. The van der Waals surface area contributed by atoms with Crippen LogP contribution < -0.4 is 0 Å². The molecule has 0 N–H and O–H groups in total. The molecular weight excluding hydrogens is 210 g/mol. The van der Waals surface area contributed by atoms with Crippen molar-refractivity contribution in [2.24, 2.45) is 0 Å². The molecule has 3 atom stereocenters. The average Bonchev–Trinajstić information content (AvgIpc) is 2.22. The fraction of sp³-hybridized carbons (Fsp3) is 0.818. The summed E-state index contributed by atoms with van der Waals surface area (Å²) in [6.07, 6.45) is 0.592. The molecule has 0 saturated carbocycles. The minimum atomic E-state index is -0.376. The number of nitriles is 1. The van der Waals surface area contributed by atoms with E-state index < -0.39 is 0 Å². The maximum atomic E-state index is 10.9. The highest BCUT2D eigenvalue weighted by atomic mass is 16.7. The first-order chi connectivity index (χ1) is 7.67. The van der Waals surface area contributed by atoms with Crippen LogP contribution in [0.2, 0.25) is 0 Å². The van der Waals surface area contributed by atoms with Crippen LogP contribution in [0.25, 0.3) is 0 Å². The number of hydrogen-bond acceptors (Lipinski definition) is 5. The van der Waals surface area contributed by atoms with Crippen LogP contribution in [0.4, 0.5) is 0 Å². The Bertz CT molecular complexity index is 274. The van der Waals surface area contributed by atoms with Crippen LogP contribution >= 0.6 is 0 Å². The lowest BCUT2D eigenvalue weighted by Crippen LogP contribution is -2.42. The molecule has 0 spiro atoms. The van der Waals surface area contributed by atoms with Crippen molar-refractivity contribution >= 4 is 5.97 Å². The van der Waals surface area contributed by atoms with Crippen LogP contribution in [0.3, 0.4) is 0 Å². The number of nitrogens with zero attached hydrogens (tertiary/aromatic N) is 1. The van der Waals surface area contributed by atoms with E-state index in [4.69, 9.17) is 19.5 Å². The molecule has 0 aliphatic carbocycles. The zero-order valence-electron chi connectivity index (χ0n) is 9.64. The van der Waals surface area contributed by atoms with E-state index in [0.29, 0.717) is 19.4 Å². The van der Waals surface area contributed by atoms with Gasteiger partial charge in [-0.25, -0.2) is 0 Å². The minimum absolute atomic E-state index is 0.210. The second kappa shape index (κ2) is 6.46. The van der Waals surface area contributed by atoms with Gasteiger partial charge in [-0.05, 0) is 13.3 Å². The van der Waals surface area contributed by atoms with Crippen LogP contribution in [-0.2, 0) is 19.0 Å². The molecule has 1 aliphatic heterocycles. The Balaban J connectivity index is 2.53. The average molecular weight is 227 g/mol. The third kappa shape index (κ3) is 3.80.